The minimum absolute atomic E-state index is 0.732. The average molecular weight is 262 g/mol. The van der Waals surface area contributed by atoms with Gasteiger partial charge >= 0.3 is 0 Å². The maximum Gasteiger partial charge on any atom is 0.105 e. The Morgan fingerprint density at radius 2 is 2.57 bits per heavy atom. The quantitative estimate of drug-likeness (QED) is 0.374. The third kappa shape index (κ3) is 2.07. The van der Waals surface area contributed by atoms with Crippen molar-refractivity contribution < 1.29 is 0 Å². The maximum atomic E-state index is 4.92. The van der Waals surface area contributed by atoms with E-state index in [1.807, 2.05) is 0 Å². The molecule has 1 saturated heterocycles. The molecule has 1 atom stereocenters. The third-order valence-corrected chi connectivity index (χ3v) is 5.20. The van der Waals surface area contributed by atoms with Gasteiger partial charge in [-0.15, -0.1) is 11.8 Å². The molecule has 1 aliphatic heterocycles. The molecule has 1 fully saturated rings. The topological polar surface area (TPSA) is 0 Å². The lowest BCUT2D eigenvalue weighted by atomic mass is 11.0. The van der Waals surface area contributed by atoms with Gasteiger partial charge in [0.05, 0.1) is 3.26 Å². The van der Waals surface area contributed by atoms with Gasteiger partial charge in [-0.1, -0.05) is 46.6 Å². The smallest absolute Gasteiger partial charge is 0.105 e. The summed E-state index contributed by atoms with van der Waals surface area (Å²) in [6.45, 7) is 0. The van der Waals surface area contributed by atoms with Gasteiger partial charge in [0.15, 0.2) is 0 Å². The first-order valence-corrected chi connectivity index (χ1v) is 5.28. The van der Waals surface area contributed by atoms with Crippen molar-refractivity contribution in [2.24, 2.45) is 0 Å². The summed E-state index contributed by atoms with van der Waals surface area (Å²) in [5, 5.41) is 0. The lowest BCUT2D eigenvalue weighted by molar-refractivity contribution is 1.54. The first-order chi connectivity index (χ1) is 3.29. The summed E-state index contributed by atoms with van der Waals surface area (Å²) in [6, 6.07) is 0. The molecule has 1 unspecified atom stereocenters. The van der Waals surface area contributed by atoms with Crippen LogP contribution in [0.3, 0.4) is 0 Å². The van der Waals surface area contributed by atoms with Crippen LogP contribution in [0.25, 0.3) is 0 Å². The van der Waals surface area contributed by atoms with Gasteiger partial charge in [-0.25, -0.2) is 0 Å². The molecule has 1 aliphatic rings. The molecule has 1 heterocycles. The van der Waals surface area contributed by atoms with Crippen LogP contribution in [0.2, 0.25) is 0 Å². The van der Waals surface area contributed by atoms with E-state index in [0.717, 1.165) is 6.79 Å². The van der Waals surface area contributed by atoms with E-state index in [1.165, 1.54) is 5.75 Å². The van der Waals surface area contributed by atoms with Crippen LogP contribution in [0.4, 0.5) is 0 Å². The van der Waals surface area contributed by atoms with Crippen molar-refractivity contribution in [3.8, 4) is 0 Å². The average Bonchev–Trinajstić information content (AvgIpc) is 1.87. The van der Waals surface area contributed by atoms with Crippen molar-refractivity contribution in [2.45, 2.75) is 3.26 Å². The highest BCUT2D eigenvalue weighted by atomic mass is 127. The Balaban J connectivity index is 2.40. The summed E-state index contributed by atoms with van der Waals surface area (Å²) in [7, 11) is 0. The van der Waals surface area contributed by atoms with Crippen LogP contribution in [0, 0.1) is 0 Å². The summed E-state index contributed by atoms with van der Waals surface area (Å²) in [5.74, 6) is 1.20. The molecule has 0 amide bonds. The zero-order chi connectivity index (χ0) is 5.28. The van der Waals surface area contributed by atoms with Crippen LogP contribution >= 0.6 is 58.3 Å². The van der Waals surface area contributed by atoms with E-state index in [9.17, 15) is 0 Å². The Labute approximate surface area is 70.3 Å². The zero-order valence-corrected chi connectivity index (χ0v) is 7.99. The fraction of sp³-hybridized carbons (Fsp3) is 0.667. The Bertz CT molecular complexity index is 92.2. The molecule has 0 radical (unpaired) electrons. The highest BCUT2D eigenvalue weighted by Crippen LogP contribution is 2.36. The first kappa shape index (κ1) is 6.64. The van der Waals surface area contributed by atoms with Crippen molar-refractivity contribution in [3.05, 3.63) is 0 Å². The van der Waals surface area contributed by atoms with E-state index in [2.05, 4.69) is 22.6 Å². The Hall–Kier alpha value is 1.52. The molecule has 0 saturated carbocycles. The molecular formula is C3H3IS3. The van der Waals surface area contributed by atoms with Gasteiger partial charge < -0.3 is 0 Å². The van der Waals surface area contributed by atoms with Crippen molar-refractivity contribution in [3.63, 3.8) is 0 Å². The number of rotatable bonds is 0. The first-order valence-electron chi connectivity index (χ1n) is 1.76. The van der Waals surface area contributed by atoms with Gasteiger partial charge in [0.2, 0.25) is 0 Å². The molecule has 4 heteroatoms. The second kappa shape index (κ2) is 2.89. The number of alkyl halides is 1. The molecule has 0 bridgehead atoms. The molecule has 0 aromatic carbocycles. The van der Waals surface area contributed by atoms with E-state index in [1.54, 1.807) is 23.5 Å². The lowest BCUT2D eigenvalue weighted by Crippen LogP contribution is -1.82. The summed E-state index contributed by atoms with van der Waals surface area (Å²) >= 11 is 10.9. The SMILES string of the molecule is S=C1SCC(I)S1. The standard InChI is InChI=1S/C3H3IS3/c4-2-1-6-3(5)7-2/h2H,1H2. The van der Waals surface area contributed by atoms with E-state index < -0.39 is 0 Å². The Morgan fingerprint density at radius 3 is 2.71 bits per heavy atom. The molecule has 40 valence electrons. The molecule has 1 rings (SSSR count). The molecular weight excluding hydrogens is 259 g/mol. The van der Waals surface area contributed by atoms with Crippen LogP contribution in [-0.4, -0.2) is 12.5 Å². The molecule has 0 nitrogen and oxygen atoms in total. The number of halogens is 1. The Morgan fingerprint density at radius 1 is 1.86 bits per heavy atom. The number of thiocarbonyl (C=S) groups is 1. The normalized spacial score (nSPS) is 31.6. The van der Waals surface area contributed by atoms with Crippen molar-refractivity contribution in [2.75, 3.05) is 5.75 Å². The highest BCUT2D eigenvalue weighted by Gasteiger charge is 2.16. The van der Waals surface area contributed by atoms with Crippen LogP contribution in [0.1, 0.15) is 0 Å². The highest BCUT2D eigenvalue weighted by molar-refractivity contribution is 14.1. The van der Waals surface area contributed by atoms with Gasteiger partial charge in [-0.05, 0) is 0 Å². The van der Waals surface area contributed by atoms with Crippen LogP contribution in [0.5, 0.6) is 0 Å². The predicted octanol–water partition coefficient (Wildman–Crippen LogP) is 2.51. The molecule has 0 aromatic rings. The van der Waals surface area contributed by atoms with E-state index in [4.69, 9.17) is 12.2 Å². The monoisotopic (exact) mass is 262 g/mol. The second-order valence-corrected chi connectivity index (χ2v) is 6.86. The number of hydrogen-bond acceptors (Lipinski definition) is 3. The molecule has 0 N–H and O–H groups in total. The molecule has 7 heavy (non-hydrogen) atoms. The maximum absolute atomic E-state index is 4.92. The summed E-state index contributed by atoms with van der Waals surface area (Å²) in [4.78, 5) is 0. The van der Waals surface area contributed by atoms with Crippen LogP contribution in [0.15, 0.2) is 0 Å². The van der Waals surface area contributed by atoms with Crippen LogP contribution < -0.4 is 0 Å². The predicted molar refractivity (Wildman–Crippen MR) is 50.5 cm³/mol. The van der Waals surface area contributed by atoms with Gasteiger partial charge in [-0.3, -0.25) is 0 Å². The molecule has 0 aromatic heterocycles. The summed E-state index contributed by atoms with van der Waals surface area (Å²) < 4.78 is 1.84. The fourth-order valence-electron chi connectivity index (χ4n) is 0.306. The van der Waals surface area contributed by atoms with Crippen LogP contribution in [-0.2, 0) is 0 Å². The number of hydrogen-bond donors (Lipinski definition) is 0. The van der Waals surface area contributed by atoms with Crippen molar-refractivity contribution >= 4 is 61.9 Å². The third-order valence-electron chi connectivity index (χ3n) is 0.556. The minimum atomic E-state index is 0.732. The minimum Gasteiger partial charge on any atom is -0.106 e. The molecule has 0 aliphatic carbocycles. The van der Waals surface area contributed by atoms with E-state index >= 15 is 0 Å². The summed E-state index contributed by atoms with van der Waals surface area (Å²) in [5.41, 5.74) is 0. The summed E-state index contributed by atoms with van der Waals surface area (Å²) in [6.07, 6.45) is 0. The van der Waals surface area contributed by atoms with Gasteiger partial charge in [0, 0.05) is 5.75 Å². The van der Waals surface area contributed by atoms with E-state index in [-0.39, 0.29) is 0 Å². The second-order valence-electron chi connectivity index (χ2n) is 1.09. The van der Waals surface area contributed by atoms with Gasteiger partial charge in [0.25, 0.3) is 0 Å². The van der Waals surface area contributed by atoms with Gasteiger partial charge in [-0.2, -0.15) is 0 Å². The molecule has 0 spiro atoms. The number of thioether (sulfide) groups is 2. The zero-order valence-electron chi connectivity index (χ0n) is 3.39. The van der Waals surface area contributed by atoms with Gasteiger partial charge in [0.1, 0.15) is 3.53 Å². The largest absolute Gasteiger partial charge is 0.106 e. The van der Waals surface area contributed by atoms with Crippen molar-refractivity contribution in [1.29, 1.82) is 0 Å². The van der Waals surface area contributed by atoms with E-state index in [0.29, 0.717) is 0 Å². The Kier molecular flexibility index (Phi) is 2.74. The lowest BCUT2D eigenvalue weighted by Gasteiger charge is -1.86. The fourth-order valence-corrected chi connectivity index (χ4v) is 4.97. The van der Waals surface area contributed by atoms with Crippen molar-refractivity contribution in [1.82, 2.24) is 0 Å².